The molecule has 0 aliphatic rings. The van der Waals surface area contributed by atoms with E-state index in [4.69, 9.17) is 0 Å². The average molecular weight is 284 g/mol. The molecule has 0 fully saturated rings. The van der Waals surface area contributed by atoms with E-state index in [1.807, 2.05) is 24.4 Å². The number of hydrogen-bond donors (Lipinski definition) is 2. The molecule has 0 aliphatic carbocycles. The van der Waals surface area contributed by atoms with Crippen LogP contribution in [0.5, 0.6) is 0 Å². The number of carbonyl (C=O) groups is 1. The minimum atomic E-state index is -0.131. The first kappa shape index (κ1) is 15.0. The molecule has 5 heteroatoms. The molecule has 2 rings (SSSR count). The highest BCUT2D eigenvalue weighted by atomic mass is 16.1. The molecule has 1 amide bonds. The van der Waals surface area contributed by atoms with Crippen LogP contribution in [0.3, 0.4) is 0 Å². The minimum absolute atomic E-state index is 0.131. The molecule has 0 spiro atoms. The maximum absolute atomic E-state index is 11.9. The van der Waals surface area contributed by atoms with Gasteiger partial charge in [0.25, 0.3) is 5.91 Å². The number of carbonyl (C=O) groups excluding carboxylic acids is 1. The van der Waals surface area contributed by atoms with Crippen LogP contribution in [-0.2, 0) is 6.54 Å². The van der Waals surface area contributed by atoms with Crippen molar-refractivity contribution in [2.75, 3.05) is 11.9 Å². The van der Waals surface area contributed by atoms with Gasteiger partial charge in [0.1, 0.15) is 5.69 Å². The quantitative estimate of drug-likeness (QED) is 0.767. The lowest BCUT2D eigenvalue weighted by atomic mass is 10.2. The van der Waals surface area contributed by atoms with E-state index in [2.05, 4.69) is 27.5 Å². The van der Waals surface area contributed by atoms with Crippen LogP contribution in [0.1, 0.15) is 35.8 Å². The highest BCUT2D eigenvalue weighted by Gasteiger charge is 2.06. The van der Waals surface area contributed by atoms with Crippen molar-refractivity contribution in [1.82, 2.24) is 15.3 Å². The Morgan fingerprint density at radius 1 is 1.29 bits per heavy atom. The van der Waals surface area contributed by atoms with Crippen molar-refractivity contribution in [3.05, 3.63) is 54.1 Å². The van der Waals surface area contributed by atoms with Gasteiger partial charge in [0.2, 0.25) is 0 Å². The zero-order chi connectivity index (χ0) is 14.9. The third-order valence-electron chi connectivity index (χ3n) is 3.03. The van der Waals surface area contributed by atoms with E-state index < -0.39 is 0 Å². The maximum atomic E-state index is 11.9. The second-order valence-corrected chi connectivity index (χ2v) is 4.75. The number of hydrogen-bond acceptors (Lipinski definition) is 4. The highest BCUT2D eigenvalue weighted by molar-refractivity contribution is 5.93. The van der Waals surface area contributed by atoms with Crippen LogP contribution in [0.2, 0.25) is 0 Å². The van der Waals surface area contributed by atoms with Crippen molar-refractivity contribution in [3.63, 3.8) is 0 Å². The molecule has 0 radical (unpaired) electrons. The Morgan fingerprint density at radius 3 is 2.95 bits per heavy atom. The van der Waals surface area contributed by atoms with Gasteiger partial charge in [-0.1, -0.05) is 19.4 Å². The number of amides is 1. The van der Waals surface area contributed by atoms with Gasteiger partial charge in [0.15, 0.2) is 0 Å². The van der Waals surface area contributed by atoms with Gasteiger partial charge < -0.3 is 10.6 Å². The van der Waals surface area contributed by atoms with Crippen molar-refractivity contribution in [1.29, 1.82) is 0 Å². The molecule has 0 aliphatic heterocycles. The molecule has 0 unspecified atom stereocenters. The maximum Gasteiger partial charge on any atom is 0.269 e. The normalized spacial score (nSPS) is 10.1. The standard InChI is InChI=1S/C16H20N4O/c1-2-3-8-19-16(21)15-10-14(6-9-18-15)20-12-13-5-4-7-17-11-13/h4-7,9-11H,2-3,8,12H2,1H3,(H,18,20)(H,19,21). The van der Waals surface area contributed by atoms with E-state index in [1.54, 1.807) is 18.5 Å². The summed E-state index contributed by atoms with van der Waals surface area (Å²) >= 11 is 0. The second-order valence-electron chi connectivity index (χ2n) is 4.75. The van der Waals surface area contributed by atoms with E-state index in [1.165, 1.54) is 0 Å². The fourth-order valence-corrected chi connectivity index (χ4v) is 1.84. The van der Waals surface area contributed by atoms with Gasteiger partial charge in [-0.3, -0.25) is 14.8 Å². The Balaban J connectivity index is 1.92. The molecule has 0 aromatic carbocycles. The summed E-state index contributed by atoms with van der Waals surface area (Å²) in [6.07, 6.45) is 7.23. The zero-order valence-electron chi connectivity index (χ0n) is 12.2. The van der Waals surface area contributed by atoms with Crippen molar-refractivity contribution in [2.24, 2.45) is 0 Å². The van der Waals surface area contributed by atoms with Crippen LogP contribution in [-0.4, -0.2) is 22.4 Å². The first-order valence-electron chi connectivity index (χ1n) is 7.16. The molecule has 0 saturated carbocycles. The van der Waals surface area contributed by atoms with Gasteiger partial charge in [-0.25, -0.2) is 0 Å². The predicted octanol–water partition coefficient (Wildman–Crippen LogP) is 2.62. The summed E-state index contributed by atoms with van der Waals surface area (Å²) < 4.78 is 0. The Labute approximate surface area is 124 Å². The number of aromatic nitrogens is 2. The lowest BCUT2D eigenvalue weighted by Gasteiger charge is -2.08. The molecule has 0 atom stereocenters. The van der Waals surface area contributed by atoms with E-state index in [0.29, 0.717) is 18.8 Å². The minimum Gasteiger partial charge on any atom is -0.381 e. The Morgan fingerprint density at radius 2 is 2.19 bits per heavy atom. The SMILES string of the molecule is CCCCNC(=O)c1cc(NCc2cccnc2)ccn1. The average Bonchev–Trinajstić information content (AvgIpc) is 2.54. The lowest BCUT2D eigenvalue weighted by molar-refractivity contribution is 0.0948. The summed E-state index contributed by atoms with van der Waals surface area (Å²) in [5.74, 6) is -0.131. The number of rotatable bonds is 7. The Hall–Kier alpha value is -2.43. The molecule has 2 heterocycles. The largest absolute Gasteiger partial charge is 0.381 e. The number of nitrogens with zero attached hydrogens (tertiary/aromatic N) is 2. The second kappa shape index (κ2) is 7.99. The summed E-state index contributed by atoms with van der Waals surface area (Å²) in [6, 6.07) is 7.51. The van der Waals surface area contributed by atoms with Crippen LogP contribution in [0, 0.1) is 0 Å². The van der Waals surface area contributed by atoms with Gasteiger partial charge in [0, 0.05) is 37.4 Å². The Kier molecular flexibility index (Phi) is 5.70. The lowest BCUT2D eigenvalue weighted by Crippen LogP contribution is -2.25. The number of unbranched alkanes of at least 4 members (excludes halogenated alkanes) is 1. The highest BCUT2D eigenvalue weighted by Crippen LogP contribution is 2.10. The molecular weight excluding hydrogens is 264 g/mol. The fourth-order valence-electron chi connectivity index (χ4n) is 1.84. The van der Waals surface area contributed by atoms with Gasteiger partial charge in [0.05, 0.1) is 0 Å². The molecular formula is C16H20N4O. The van der Waals surface area contributed by atoms with Crippen molar-refractivity contribution < 1.29 is 4.79 Å². The van der Waals surface area contributed by atoms with Crippen molar-refractivity contribution in [2.45, 2.75) is 26.3 Å². The summed E-state index contributed by atoms with van der Waals surface area (Å²) in [4.78, 5) is 20.1. The summed E-state index contributed by atoms with van der Waals surface area (Å²) in [7, 11) is 0. The zero-order valence-corrected chi connectivity index (χ0v) is 12.2. The van der Waals surface area contributed by atoms with Gasteiger partial charge in [-0.2, -0.15) is 0 Å². The van der Waals surface area contributed by atoms with Crippen molar-refractivity contribution >= 4 is 11.6 Å². The van der Waals surface area contributed by atoms with Crippen LogP contribution in [0.25, 0.3) is 0 Å². The molecule has 0 saturated heterocycles. The number of pyridine rings is 2. The molecule has 21 heavy (non-hydrogen) atoms. The van der Waals surface area contributed by atoms with Crippen LogP contribution in [0.4, 0.5) is 5.69 Å². The van der Waals surface area contributed by atoms with Gasteiger partial charge >= 0.3 is 0 Å². The van der Waals surface area contributed by atoms with E-state index in [9.17, 15) is 4.79 Å². The molecule has 2 aromatic rings. The topological polar surface area (TPSA) is 66.9 Å². The number of anilines is 1. The number of nitrogens with one attached hydrogen (secondary N) is 2. The van der Waals surface area contributed by atoms with E-state index in [0.717, 1.165) is 24.1 Å². The summed E-state index contributed by atoms with van der Waals surface area (Å²) in [5.41, 5.74) is 2.39. The summed E-state index contributed by atoms with van der Waals surface area (Å²) in [6.45, 7) is 3.44. The van der Waals surface area contributed by atoms with E-state index >= 15 is 0 Å². The van der Waals surface area contributed by atoms with Gasteiger partial charge in [-0.05, 0) is 30.2 Å². The van der Waals surface area contributed by atoms with Crippen LogP contribution in [0.15, 0.2) is 42.9 Å². The third kappa shape index (κ3) is 4.87. The van der Waals surface area contributed by atoms with E-state index in [-0.39, 0.29) is 5.91 Å². The fraction of sp³-hybridized carbons (Fsp3) is 0.312. The molecule has 5 nitrogen and oxygen atoms in total. The predicted molar refractivity (Wildman–Crippen MR) is 83.0 cm³/mol. The Bertz CT molecular complexity index is 571. The van der Waals surface area contributed by atoms with Crippen LogP contribution < -0.4 is 10.6 Å². The third-order valence-corrected chi connectivity index (χ3v) is 3.03. The van der Waals surface area contributed by atoms with Crippen molar-refractivity contribution in [3.8, 4) is 0 Å². The first-order valence-corrected chi connectivity index (χ1v) is 7.16. The molecule has 2 aromatic heterocycles. The molecule has 2 N–H and O–H groups in total. The molecule has 0 bridgehead atoms. The summed E-state index contributed by atoms with van der Waals surface area (Å²) in [5, 5.41) is 6.13. The monoisotopic (exact) mass is 284 g/mol. The van der Waals surface area contributed by atoms with Crippen LogP contribution >= 0.6 is 0 Å². The smallest absolute Gasteiger partial charge is 0.269 e. The first-order chi connectivity index (χ1) is 10.3. The van der Waals surface area contributed by atoms with Gasteiger partial charge in [-0.15, -0.1) is 0 Å². The molecule has 110 valence electrons.